The van der Waals surface area contributed by atoms with Gasteiger partial charge in [-0.3, -0.25) is 9.59 Å². The number of rotatable bonds is 5. The van der Waals surface area contributed by atoms with E-state index < -0.39 is 36.7 Å². The number of amides is 2. The summed E-state index contributed by atoms with van der Waals surface area (Å²) in [7, 11) is 0. The van der Waals surface area contributed by atoms with Crippen molar-refractivity contribution in [3.05, 3.63) is 0 Å². The van der Waals surface area contributed by atoms with Crippen LogP contribution in [0, 0.1) is 0 Å². The summed E-state index contributed by atoms with van der Waals surface area (Å²) in [6.45, 7) is -0.181. The van der Waals surface area contributed by atoms with E-state index in [4.69, 9.17) is 5.73 Å². The Labute approximate surface area is 100 Å². The quantitative estimate of drug-likeness (QED) is 0.666. The zero-order valence-electron chi connectivity index (χ0n) is 9.34. The van der Waals surface area contributed by atoms with E-state index in [0.717, 1.165) is 0 Å². The van der Waals surface area contributed by atoms with Crippen molar-refractivity contribution in [3.8, 4) is 0 Å². The van der Waals surface area contributed by atoms with Gasteiger partial charge in [0, 0.05) is 12.6 Å². The van der Waals surface area contributed by atoms with E-state index in [9.17, 15) is 27.2 Å². The molecule has 2 amide bonds. The third-order valence-electron chi connectivity index (χ3n) is 2.62. The van der Waals surface area contributed by atoms with Gasteiger partial charge >= 0.3 is 12.3 Å². The minimum Gasteiger partial charge on any atom is -0.368 e. The van der Waals surface area contributed by atoms with Gasteiger partial charge in [-0.05, 0) is 13.0 Å². The highest BCUT2D eigenvalue weighted by Crippen LogP contribution is 2.27. The van der Waals surface area contributed by atoms with E-state index in [0.29, 0.717) is 17.9 Å². The van der Waals surface area contributed by atoms with Gasteiger partial charge in [0.05, 0.1) is 6.54 Å². The molecule has 1 rings (SSSR count). The van der Waals surface area contributed by atoms with Crippen LogP contribution in [-0.4, -0.2) is 54.7 Å². The van der Waals surface area contributed by atoms with Crippen molar-refractivity contribution in [2.24, 2.45) is 5.73 Å². The van der Waals surface area contributed by atoms with Crippen LogP contribution in [-0.2, 0) is 9.59 Å². The molecule has 18 heavy (non-hydrogen) atoms. The fourth-order valence-electron chi connectivity index (χ4n) is 1.72. The zero-order valence-corrected chi connectivity index (χ0v) is 9.34. The maximum atomic E-state index is 13.0. The van der Waals surface area contributed by atoms with Crippen LogP contribution >= 0.6 is 0 Å². The molecule has 0 bridgehead atoms. The van der Waals surface area contributed by atoms with Crippen LogP contribution in [0.1, 0.15) is 6.42 Å². The maximum Gasteiger partial charge on any atom is 0.383 e. The van der Waals surface area contributed by atoms with Crippen LogP contribution in [0.15, 0.2) is 0 Å². The maximum absolute atomic E-state index is 13.0. The summed E-state index contributed by atoms with van der Waals surface area (Å²) in [5, 5.41) is 2.78. The Morgan fingerprint density at radius 3 is 2.44 bits per heavy atom. The number of alkyl halides is 4. The normalized spacial score (nSPS) is 20.2. The molecule has 104 valence electrons. The molecule has 1 saturated heterocycles. The second kappa shape index (κ2) is 5.51. The number of halogens is 4. The minimum atomic E-state index is -4.81. The summed E-state index contributed by atoms with van der Waals surface area (Å²) in [6, 6.07) is -0.727. The fourth-order valence-corrected chi connectivity index (χ4v) is 1.72. The summed E-state index contributed by atoms with van der Waals surface area (Å²) < 4.78 is 50.2. The van der Waals surface area contributed by atoms with Crippen LogP contribution in [0.4, 0.5) is 17.6 Å². The summed E-state index contributed by atoms with van der Waals surface area (Å²) in [4.78, 5) is 22.6. The number of hydrogen-bond donors (Lipinski definition) is 2. The van der Waals surface area contributed by atoms with E-state index in [1.165, 1.54) is 0 Å². The predicted molar refractivity (Wildman–Crippen MR) is 53.1 cm³/mol. The van der Waals surface area contributed by atoms with Crippen molar-refractivity contribution >= 4 is 11.8 Å². The number of carbonyl (C=O) groups excluding carboxylic acids is 2. The first-order chi connectivity index (χ1) is 8.26. The molecule has 1 aliphatic rings. The smallest absolute Gasteiger partial charge is 0.368 e. The molecule has 0 spiro atoms. The Balaban J connectivity index is 2.88. The molecule has 1 heterocycles. The largest absolute Gasteiger partial charge is 0.383 e. The van der Waals surface area contributed by atoms with Crippen molar-refractivity contribution in [2.45, 2.75) is 24.8 Å². The molecule has 9 heteroatoms. The van der Waals surface area contributed by atoms with Gasteiger partial charge in [-0.2, -0.15) is 8.78 Å². The van der Waals surface area contributed by atoms with Crippen LogP contribution in [0.2, 0.25) is 0 Å². The van der Waals surface area contributed by atoms with Crippen LogP contribution < -0.4 is 11.1 Å². The summed E-state index contributed by atoms with van der Waals surface area (Å²) in [5.74, 6) is -7.90. The number of primary amides is 1. The zero-order chi connectivity index (χ0) is 13.9. The van der Waals surface area contributed by atoms with Crippen LogP contribution in [0.3, 0.4) is 0 Å². The van der Waals surface area contributed by atoms with E-state index >= 15 is 0 Å². The van der Waals surface area contributed by atoms with Gasteiger partial charge in [0.2, 0.25) is 5.91 Å². The molecular weight excluding hydrogens is 258 g/mol. The van der Waals surface area contributed by atoms with Crippen molar-refractivity contribution in [1.82, 2.24) is 10.2 Å². The number of carbonyl (C=O) groups is 2. The van der Waals surface area contributed by atoms with E-state index in [1.807, 2.05) is 0 Å². The second-order valence-corrected chi connectivity index (χ2v) is 3.97. The third kappa shape index (κ3) is 3.09. The Kier molecular flexibility index (Phi) is 4.49. The lowest BCUT2D eigenvalue weighted by Crippen LogP contribution is -2.54. The van der Waals surface area contributed by atoms with Gasteiger partial charge in [-0.1, -0.05) is 0 Å². The highest BCUT2D eigenvalue weighted by Gasteiger charge is 2.52. The van der Waals surface area contributed by atoms with Crippen molar-refractivity contribution in [2.75, 3.05) is 19.6 Å². The Bertz CT molecular complexity index is 332. The molecular formula is C9H13F4N3O2. The average molecular weight is 271 g/mol. The van der Waals surface area contributed by atoms with Crippen LogP contribution in [0.5, 0.6) is 0 Å². The monoisotopic (exact) mass is 271 g/mol. The van der Waals surface area contributed by atoms with Gasteiger partial charge < -0.3 is 16.0 Å². The van der Waals surface area contributed by atoms with Crippen molar-refractivity contribution in [1.29, 1.82) is 0 Å². The topological polar surface area (TPSA) is 75.4 Å². The number of hydrogen-bond acceptors (Lipinski definition) is 3. The van der Waals surface area contributed by atoms with Gasteiger partial charge in [0.15, 0.2) is 0 Å². The lowest BCUT2D eigenvalue weighted by atomic mass is 10.2. The molecule has 1 aliphatic heterocycles. The Morgan fingerprint density at radius 2 is 2.06 bits per heavy atom. The first kappa shape index (κ1) is 14.7. The van der Waals surface area contributed by atoms with Gasteiger partial charge in [0.1, 0.15) is 0 Å². The molecule has 0 aromatic rings. The van der Waals surface area contributed by atoms with Gasteiger partial charge in [-0.25, -0.2) is 8.78 Å². The minimum absolute atomic E-state index is 0.165. The lowest BCUT2D eigenvalue weighted by Gasteiger charge is -2.30. The van der Waals surface area contributed by atoms with Crippen molar-refractivity contribution < 1.29 is 27.2 Å². The molecule has 1 unspecified atom stereocenters. The molecule has 0 aromatic heterocycles. The molecule has 0 saturated carbocycles. The highest BCUT2D eigenvalue weighted by molar-refractivity contribution is 5.88. The number of nitrogens with zero attached hydrogens (tertiary/aromatic N) is 1. The number of nitrogens with one attached hydrogen (secondary N) is 1. The van der Waals surface area contributed by atoms with E-state index in [2.05, 4.69) is 5.32 Å². The van der Waals surface area contributed by atoms with Gasteiger partial charge in [-0.15, -0.1) is 0 Å². The standard InChI is InChI=1S/C9H13F4N3O2/c10-7(11)9(12,13)8(18)16(4-6(14)17)5-1-2-15-3-5/h5,7,15H,1-4H2,(H2,14,17). The van der Waals surface area contributed by atoms with Gasteiger partial charge in [0.25, 0.3) is 5.91 Å². The Morgan fingerprint density at radius 1 is 1.44 bits per heavy atom. The fraction of sp³-hybridized carbons (Fsp3) is 0.778. The van der Waals surface area contributed by atoms with E-state index in [1.54, 1.807) is 0 Å². The van der Waals surface area contributed by atoms with Crippen LogP contribution in [0.25, 0.3) is 0 Å². The molecule has 0 aromatic carbocycles. The summed E-state index contributed by atoms with van der Waals surface area (Å²) in [6.07, 6.45) is -3.81. The highest BCUT2D eigenvalue weighted by atomic mass is 19.3. The molecule has 3 N–H and O–H groups in total. The first-order valence-corrected chi connectivity index (χ1v) is 5.23. The van der Waals surface area contributed by atoms with Crippen molar-refractivity contribution in [3.63, 3.8) is 0 Å². The number of nitrogens with two attached hydrogens (primary N) is 1. The Hall–Kier alpha value is -1.38. The second-order valence-electron chi connectivity index (χ2n) is 3.97. The molecule has 0 aliphatic carbocycles. The van der Waals surface area contributed by atoms with E-state index in [-0.39, 0.29) is 6.54 Å². The third-order valence-corrected chi connectivity index (χ3v) is 2.62. The first-order valence-electron chi connectivity index (χ1n) is 5.23. The lowest BCUT2D eigenvalue weighted by molar-refractivity contribution is -0.183. The summed E-state index contributed by atoms with van der Waals surface area (Å²) >= 11 is 0. The predicted octanol–water partition coefficient (Wildman–Crippen LogP) is -0.437. The molecule has 1 atom stereocenters. The molecule has 0 radical (unpaired) electrons. The molecule has 1 fully saturated rings. The molecule has 5 nitrogen and oxygen atoms in total. The average Bonchev–Trinajstić information content (AvgIpc) is 2.77. The SMILES string of the molecule is NC(=O)CN(C(=O)C(F)(F)C(F)F)C1CCNC1. The summed E-state index contributed by atoms with van der Waals surface area (Å²) in [5.41, 5.74) is 4.83.